The van der Waals surface area contributed by atoms with Crippen LogP contribution in [-0.2, 0) is 6.42 Å². The number of aromatic nitrogens is 2. The molecule has 0 saturated carbocycles. The van der Waals surface area contributed by atoms with Crippen molar-refractivity contribution in [1.82, 2.24) is 9.55 Å². The monoisotopic (exact) mass is 259 g/mol. The van der Waals surface area contributed by atoms with E-state index in [9.17, 15) is 0 Å². The summed E-state index contributed by atoms with van der Waals surface area (Å²) >= 11 is 0. The quantitative estimate of drug-likeness (QED) is 0.898. The molecule has 2 N–H and O–H groups in total. The highest BCUT2D eigenvalue weighted by Crippen LogP contribution is 2.30. The van der Waals surface area contributed by atoms with Crippen molar-refractivity contribution in [2.75, 3.05) is 7.11 Å². The highest BCUT2D eigenvalue weighted by molar-refractivity contribution is 5.52. The van der Waals surface area contributed by atoms with Crippen molar-refractivity contribution in [3.63, 3.8) is 0 Å². The van der Waals surface area contributed by atoms with Crippen molar-refractivity contribution in [1.29, 1.82) is 0 Å². The molecule has 4 heteroatoms. The van der Waals surface area contributed by atoms with Gasteiger partial charge in [0.2, 0.25) is 0 Å². The molecule has 0 aliphatic heterocycles. The Morgan fingerprint density at radius 2 is 2.21 bits per heavy atom. The Morgan fingerprint density at radius 3 is 2.84 bits per heavy atom. The standard InChI is InChI=1S/C15H21N3O/c1-4-6-14-17-9-10-18(14)12-7-5-8-13(19-3)15(12)11(2)16/h5,7-11H,4,6,16H2,1-3H3/t11-/m0/s1. The minimum absolute atomic E-state index is 0.0944. The van der Waals surface area contributed by atoms with Gasteiger partial charge < -0.3 is 15.0 Å². The van der Waals surface area contributed by atoms with Crippen LogP contribution in [0.1, 0.15) is 37.7 Å². The van der Waals surface area contributed by atoms with E-state index < -0.39 is 0 Å². The van der Waals surface area contributed by atoms with Crippen molar-refractivity contribution in [2.24, 2.45) is 5.73 Å². The number of benzene rings is 1. The van der Waals surface area contributed by atoms with Gasteiger partial charge in [0.25, 0.3) is 0 Å². The Labute approximate surface area is 114 Å². The summed E-state index contributed by atoms with van der Waals surface area (Å²) in [6.45, 7) is 4.12. The van der Waals surface area contributed by atoms with Gasteiger partial charge in [-0.3, -0.25) is 0 Å². The van der Waals surface area contributed by atoms with Gasteiger partial charge in [-0.1, -0.05) is 13.0 Å². The first-order valence-electron chi connectivity index (χ1n) is 6.64. The SMILES string of the molecule is CCCc1nccn1-c1cccc(OC)c1[C@H](C)N. The van der Waals surface area contributed by atoms with Crippen LogP contribution in [0.25, 0.3) is 5.69 Å². The van der Waals surface area contributed by atoms with Crippen LogP contribution in [0.5, 0.6) is 5.75 Å². The number of methoxy groups -OCH3 is 1. The average Bonchev–Trinajstić information content (AvgIpc) is 2.86. The van der Waals surface area contributed by atoms with Crippen LogP contribution in [0.2, 0.25) is 0 Å². The molecule has 2 rings (SSSR count). The maximum Gasteiger partial charge on any atom is 0.125 e. The van der Waals surface area contributed by atoms with Crippen LogP contribution in [0.3, 0.4) is 0 Å². The van der Waals surface area contributed by atoms with Gasteiger partial charge >= 0.3 is 0 Å². The fourth-order valence-electron chi connectivity index (χ4n) is 2.34. The zero-order chi connectivity index (χ0) is 13.8. The molecule has 0 fully saturated rings. The zero-order valence-electron chi connectivity index (χ0n) is 11.8. The largest absolute Gasteiger partial charge is 0.496 e. The molecule has 1 aromatic heterocycles. The topological polar surface area (TPSA) is 53.1 Å². The molecule has 1 aromatic carbocycles. The Balaban J connectivity index is 2.58. The zero-order valence-corrected chi connectivity index (χ0v) is 11.8. The predicted octanol–water partition coefficient (Wildman–Crippen LogP) is 2.85. The third-order valence-electron chi connectivity index (χ3n) is 3.17. The van der Waals surface area contributed by atoms with Crippen molar-refractivity contribution in [3.05, 3.63) is 42.0 Å². The maximum absolute atomic E-state index is 6.11. The Kier molecular flexibility index (Phi) is 4.22. The summed E-state index contributed by atoms with van der Waals surface area (Å²) in [5.41, 5.74) is 8.17. The second kappa shape index (κ2) is 5.89. The molecule has 1 atom stereocenters. The summed E-state index contributed by atoms with van der Waals surface area (Å²) in [6.07, 6.45) is 5.82. The predicted molar refractivity (Wildman–Crippen MR) is 76.7 cm³/mol. The van der Waals surface area contributed by atoms with E-state index in [4.69, 9.17) is 10.5 Å². The number of hydrogen-bond acceptors (Lipinski definition) is 3. The summed E-state index contributed by atoms with van der Waals surface area (Å²) in [6, 6.07) is 5.89. The van der Waals surface area contributed by atoms with Crippen LogP contribution in [0, 0.1) is 0 Å². The van der Waals surface area contributed by atoms with Crippen LogP contribution < -0.4 is 10.5 Å². The molecular formula is C15H21N3O. The molecule has 0 saturated heterocycles. The number of nitrogens with zero attached hydrogens (tertiary/aromatic N) is 2. The molecule has 4 nitrogen and oxygen atoms in total. The molecule has 0 amide bonds. The fraction of sp³-hybridized carbons (Fsp3) is 0.400. The highest BCUT2D eigenvalue weighted by Gasteiger charge is 2.16. The third-order valence-corrected chi connectivity index (χ3v) is 3.17. The molecule has 19 heavy (non-hydrogen) atoms. The minimum atomic E-state index is -0.0944. The normalized spacial score (nSPS) is 12.4. The molecule has 0 radical (unpaired) electrons. The van der Waals surface area contributed by atoms with Crippen LogP contribution in [0.15, 0.2) is 30.6 Å². The van der Waals surface area contributed by atoms with Gasteiger partial charge in [-0.15, -0.1) is 0 Å². The fourth-order valence-corrected chi connectivity index (χ4v) is 2.34. The van der Waals surface area contributed by atoms with E-state index in [-0.39, 0.29) is 6.04 Å². The number of hydrogen-bond donors (Lipinski definition) is 1. The summed E-state index contributed by atoms with van der Waals surface area (Å²) < 4.78 is 7.53. The van der Waals surface area contributed by atoms with E-state index in [1.165, 1.54) is 0 Å². The lowest BCUT2D eigenvalue weighted by atomic mass is 10.0. The second-order valence-electron chi connectivity index (χ2n) is 4.65. The van der Waals surface area contributed by atoms with Crippen LogP contribution in [0.4, 0.5) is 0 Å². The summed E-state index contributed by atoms with van der Waals surface area (Å²) in [5.74, 6) is 1.88. The number of rotatable bonds is 5. The van der Waals surface area contributed by atoms with Gasteiger partial charge in [-0.05, 0) is 25.5 Å². The van der Waals surface area contributed by atoms with E-state index in [0.717, 1.165) is 35.7 Å². The van der Waals surface area contributed by atoms with E-state index in [1.54, 1.807) is 7.11 Å². The molecule has 0 bridgehead atoms. The summed E-state index contributed by atoms with van der Waals surface area (Å²) in [5, 5.41) is 0. The third kappa shape index (κ3) is 2.63. The maximum atomic E-state index is 6.11. The van der Waals surface area contributed by atoms with Crippen molar-refractivity contribution in [2.45, 2.75) is 32.7 Å². The number of ether oxygens (including phenoxy) is 1. The van der Waals surface area contributed by atoms with Gasteiger partial charge in [-0.25, -0.2) is 4.98 Å². The van der Waals surface area contributed by atoms with Crippen molar-refractivity contribution in [3.8, 4) is 11.4 Å². The summed E-state index contributed by atoms with van der Waals surface area (Å²) in [7, 11) is 1.67. The highest BCUT2D eigenvalue weighted by atomic mass is 16.5. The lowest BCUT2D eigenvalue weighted by Crippen LogP contribution is -2.12. The Hall–Kier alpha value is -1.81. The number of aryl methyl sites for hydroxylation is 1. The summed E-state index contributed by atoms with van der Waals surface area (Å²) in [4.78, 5) is 4.42. The molecular weight excluding hydrogens is 238 g/mol. The van der Waals surface area contributed by atoms with Gasteiger partial charge in [0, 0.05) is 30.4 Å². The lowest BCUT2D eigenvalue weighted by Gasteiger charge is -2.18. The first-order chi connectivity index (χ1) is 9.19. The smallest absolute Gasteiger partial charge is 0.125 e. The van der Waals surface area contributed by atoms with Crippen molar-refractivity contribution < 1.29 is 4.74 Å². The molecule has 102 valence electrons. The van der Waals surface area contributed by atoms with E-state index >= 15 is 0 Å². The second-order valence-corrected chi connectivity index (χ2v) is 4.65. The average molecular weight is 259 g/mol. The Morgan fingerprint density at radius 1 is 1.42 bits per heavy atom. The van der Waals surface area contributed by atoms with E-state index in [1.807, 2.05) is 31.5 Å². The van der Waals surface area contributed by atoms with Gasteiger partial charge in [0.05, 0.1) is 12.8 Å². The molecule has 1 heterocycles. The van der Waals surface area contributed by atoms with E-state index in [2.05, 4.69) is 22.5 Å². The van der Waals surface area contributed by atoms with Crippen LogP contribution >= 0.6 is 0 Å². The van der Waals surface area contributed by atoms with E-state index in [0.29, 0.717) is 0 Å². The van der Waals surface area contributed by atoms with Crippen LogP contribution in [-0.4, -0.2) is 16.7 Å². The van der Waals surface area contributed by atoms with Crippen molar-refractivity contribution >= 4 is 0 Å². The molecule has 2 aromatic rings. The molecule has 0 spiro atoms. The Bertz CT molecular complexity index is 546. The molecule has 0 unspecified atom stereocenters. The first-order valence-corrected chi connectivity index (χ1v) is 6.64. The number of imidazole rings is 1. The van der Waals surface area contributed by atoms with Gasteiger partial charge in [0.1, 0.15) is 11.6 Å². The first kappa shape index (κ1) is 13.6. The minimum Gasteiger partial charge on any atom is -0.496 e. The lowest BCUT2D eigenvalue weighted by molar-refractivity contribution is 0.406. The number of nitrogens with two attached hydrogens (primary N) is 1. The van der Waals surface area contributed by atoms with Gasteiger partial charge in [-0.2, -0.15) is 0 Å². The molecule has 0 aliphatic carbocycles. The molecule has 0 aliphatic rings. The van der Waals surface area contributed by atoms with Gasteiger partial charge in [0.15, 0.2) is 0 Å².